The van der Waals surface area contributed by atoms with Crippen LogP contribution in [-0.2, 0) is 6.67 Å². The van der Waals surface area contributed by atoms with Gasteiger partial charge in [-0.1, -0.05) is 0 Å². The third-order valence-corrected chi connectivity index (χ3v) is 1.56. The van der Waals surface area contributed by atoms with Crippen molar-refractivity contribution < 1.29 is 22.3 Å². The Hall–Kier alpha value is -2.04. The summed E-state index contributed by atoms with van der Waals surface area (Å²) in [6.07, 6.45) is -4.98. The van der Waals surface area contributed by atoms with Gasteiger partial charge in [0.05, 0.1) is 5.56 Å². The lowest BCUT2D eigenvalue weighted by molar-refractivity contribution is -0.275. The number of hydrogen-bond acceptors (Lipinski definition) is 4. The third kappa shape index (κ3) is 2.73. The van der Waals surface area contributed by atoms with Gasteiger partial charge in [0.15, 0.2) is 5.75 Å². The van der Waals surface area contributed by atoms with Crippen LogP contribution in [0.25, 0.3) is 0 Å². The number of nitriles is 1. The average Bonchev–Trinajstić information content (AvgIpc) is 2.18. The Bertz CT molecular complexity index is 438. The molecule has 0 saturated heterocycles. The molecule has 0 spiro atoms. The zero-order valence-corrected chi connectivity index (χ0v) is 7.68. The first-order valence-electron chi connectivity index (χ1n) is 3.88. The first-order chi connectivity index (χ1) is 7.37. The molecule has 0 aromatic carbocycles. The van der Waals surface area contributed by atoms with Crippen molar-refractivity contribution in [1.29, 1.82) is 5.26 Å². The van der Waals surface area contributed by atoms with Gasteiger partial charge in [-0.15, -0.1) is 13.2 Å². The molecule has 0 atom stereocenters. The summed E-state index contributed by atoms with van der Waals surface area (Å²) in [5, 5.41) is 8.50. The summed E-state index contributed by atoms with van der Waals surface area (Å²) in [5.74, 6) is -1.20. The Kier molecular flexibility index (Phi) is 3.17. The summed E-state index contributed by atoms with van der Waals surface area (Å²) in [5.41, 5.74) is 4.29. The number of ether oxygens (including phenoxy) is 1. The number of anilines is 1. The number of nitrogens with zero attached hydrogens (tertiary/aromatic N) is 2. The summed E-state index contributed by atoms with van der Waals surface area (Å²) in [6, 6.07) is 2.21. The molecule has 1 heterocycles. The quantitative estimate of drug-likeness (QED) is 0.794. The van der Waals surface area contributed by atoms with Gasteiger partial charge in [0.1, 0.15) is 24.3 Å². The molecule has 0 amide bonds. The van der Waals surface area contributed by atoms with Gasteiger partial charge in [0.25, 0.3) is 0 Å². The molecule has 4 nitrogen and oxygen atoms in total. The maximum absolute atomic E-state index is 12.3. The van der Waals surface area contributed by atoms with Crippen LogP contribution in [0.4, 0.5) is 23.4 Å². The first-order valence-corrected chi connectivity index (χ1v) is 3.88. The van der Waals surface area contributed by atoms with Crippen LogP contribution in [0.3, 0.4) is 0 Å². The molecule has 0 aliphatic rings. The number of pyridine rings is 1. The zero-order chi connectivity index (χ0) is 12.3. The van der Waals surface area contributed by atoms with Crippen LogP contribution in [-0.4, -0.2) is 11.3 Å². The van der Waals surface area contributed by atoms with Crippen LogP contribution in [0, 0.1) is 11.3 Å². The fourth-order valence-electron chi connectivity index (χ4n) is 0.947. The summed E-state index contributed by atoms with van der Waals surface area (Å²) in [4.78, 5) is 3.30. The Morgan fingerprint density at radius 3 is 2.56 bits per heavy atom. The van der Waals surface area contributed by atoms with Crippen molar-refractivity contribution in [1.82, 2.24) is 4.98 Å². The number of halogens is 4. The molecule has 1 aromatic heterocycles. The van der Waals surface area contributed by atoms with E-state index in [1.54, 1.807) is 0 Å². The van der Waals surface area contributed by atoms with Crippen LogP contribution in [0.2, 0.25) is 0 Å². The van der Waals surface area contributed by atoms with Crippen molar-refractivity contribution >= 4 is 5.82 Å². The highest BCUT2D eigenvalue weighted by atomic mass is 19.4. The van der Waals surface area contributed by atoms with E-state index in [-0.39, 0.29) is 11.4 Å². The van der Waals surface area contributed by atoms with Gasteiger partial charge in [-0.3, -0.25) is 0 Å². The largest absolute Gasteiger partial charge is 0.573 e. The van der Waals surface area contributed by atoms with Crippen molar-refractivity contribution in [2.45, 2.75) is 13.0 Å². The Labute approximate surface area is 87.3 Å². The SMILES string of the molecule is N#Cc1cc(OC(F)(F)F)c(CF)nc1N. The second-order valence-electron chi connectivity index (χ2n) is 2.66. The topological polar surface area (TPSA) is 71.9 Å². The number of hydrogen-bond donors (Lipinski definition) is 1. The van der Waals surface area contributed by atoms with Crippen LogP contribution in [0.5, 0.6) is 5.75 Å². The van der Waals surface area contributed by atoms with Gasteiger partial charge < -0.3 is 10.5 Å². The smallest absolute Gasteiger partial charge is 0.404 e. The first kappa shape index (κ1) is 12.0. The summed E-state index contributed by atoms with van der Waals surface area (Å²) >= 11 is 0. The number of alkyl halides is 4. The van der Waals surface area contributed by atoms with E-state index < -0.39 is 24.5 Å². The lowest BCUT2D eigenvalue weighted by atomic mass is 10.2. The van der Waals surface area contributed by atoms with Gasteiger partial charge in [0, 0.05) is 6.07 Å². The van der Waals surface area contributed by atoms with Gasteiger partial charge in [0.2, 0.25) is 0 Å². The monoisotopic (exact) mass is 235 g/mol. The van der Waals surface area contributed by atoms with Gasteiger partial charge in [-0.2, -0.15) is 5.26 Å². The maximum atomic E-state index is 12.3. The average molecular weight is 235 g/mol. The molecule has 8 heteroatoms. The molecule has 0 fully saturated rings. The van der Waals surface area contributed by atoms with E-state index in [9.17, 15) is 17.6 Å². The summed E-state index contributed by atoms with van der Waals surface area (Å²) in [6.45, 7) is -1.28. The van der Waals surface area contributed by atoms with Crippen LogP contribution < -0.4 is 10.5 Å². The van der Waals surface area contributed by atoms with E-state index in [4.69, 9.17) is 11.0 Å². The van der Waals surface area contributed by atoms with Crippen LogP contribution >= 0.6 is 0 Å². The predicted octanol–water partition coefficient (Wildman–Crippen LogP) is 1.90. The van der Waals surface area contributed by atoms with E-state index in [2.05, 4.69) is 9.72 Å². The number of aromatic nitrogens is 1. The molecular formula is C8H5F4N3O. The van der Waals surface area contributed by atoms with Gasteiger partial charge >= 0.3 is 6.36 Å². The number of nitrogen functional groups attached to an aromatic ring is 1. The molecule has 0 radical (unpaired) electrons. The summed E-state index contributed by atoms with van der Waals surface area (Å²) in [7, 11) is 0. The minimum atomic E-state index is -4.98. The number of rotatable bonds is 2. The van der Waals surface area contributed by atoms with Gasteiger partial charge in [-0.25, -0.2) is 9.37 Å². The molecule has 1 rings (SSSR count). The second kappa shape index (κ2) is 4.22. The highest BCUT2D eigenvalue weighted by Crippen LogP contribution is 2.28. The minimum Gasteiger partial charge on any atom is -0.404 e. The lowest BCUT2D eigenvalue weighted by Crippen LogP contribution is -2.19. The molecule has 2 N–H and O–H groups in total. The molecule has 0 bridgehead atoms. The van der Waals surface area contributed by atoms with Gasteiger partial charge in [-0.05, 0) is 0 Å². The molecular weight excluding hydrogens is 230 g/mol. The van der Waals surface area contributed by atoms with Crippen molar-refractivity contribution in [3.63, 3.8) is 0 Å². The number of nitrogens with two attached hydrogens (primary N) is 1. The zero-order valence-electron chi connectivity index (χ0n) is 7.68. The van der Waals surface area contributed by atoms with E-state index in [0.29, 0.717) is 6.07 Å². The van der Waals surface area contributed by atoms with E-state index in [1.165, 1.54) is 6.07 Å². The van der Waals surface area contributed by atoms with E-state index in [0.717, 1.165) is 0 Å². The Morgan fingerprint density at radius 1 is 1.50 bits per heavy atom. The second-order valence-corrected chi connectivity index (χ2v) is 2.66. The van der Waals surface area contributed by atoms with Crippen molar-refractivity contribution in [3.8, 4) is 11.8 Å². The standard InChI is InChI=1S/C8H5F4N3O/c9-2-5-6(16-8(10,11)12)1-4(3-13)7(14)15-5/h1H,2H2,(H2,14,15). The van der Waals surface area contributed by atoms with Crippen molar-refractivity contribution in [2.75, 3.05) is 5.73 Å². The van der Waals surface area contributed by atoms with Crippen molar-refractivity contribution in [2.24, 2.45) is 0 Å². The molecule has 1 aromatic rings. The van der Waals surface area contributed by atoms with Crippen molar-refractivity contribution in [3.05, 3.63) is 17.3 Å². The van der Waals surface area contributed by atoms with E-state index >= 15 is 0 Å². The summed E-state index contributed by atoms with van der Waals surface area (Å²) < 4.78 is 51.6. The normalized spacial score (nSPS) is 10.9. The third-order valence-electron chi connectivity index (χ3n) is 1.56. The van der Waals surface area contributed by atoms with Crippen LogP contribution in [0.15, 0.2) is 6.07 Å². The molecule has 0 aliphatic heterocycles. The Balaban J connectivity index is 3.21. The maximum Gasteiger partial charge on any atom is 0.573 e. The van der Waals surface area contributed by atoms with Crippen LogP contribution in [0.1, 0.15) is 11.3 Å². The fourth-order valence-corrected chi connectivity index (χ4v) is 0.947. The molecule has 0 saturated carbocycles. The Morgan fingerprint density at radius 2 is 2.12 bits per heavy atom. The molecule has 86 valence electrons. The highest BCUT2D eigenvalue weighted by molar-refractivity contribution is 5.53. The molecule has 0 unspecified atom stereocenters. The highest BCUT2D eigenvalue weighted by Gasteiger charge is 2.32. The molecule has 16 heavy (non-hydrogen) atoms. The predicted molar refractivity (Wildman–Crippen MR) is 44.9 cm³/mol. The van der Waals surface area contributed by atoms with E-state index in [1.807, 2.05) is 0 Å². The lowest BCUT2D eigenvalue weighted by Gasteiger charge is -2.12. The fraction of sp³-hybridized carbons (Fsp3) is 0.250. The minimum absolute atomic E-state index is 0.309. The molecule has 0 aliphatic carbocycles.